The van der Waals surface area contributed by atoms with Crippen LogP contribution in [0.25, 0.3) is 6.08 Å². The maximum atomic E-state index is 12.4. The molecular weight excluding hydrogens is 340 g/mol. The second-order valence-corrected chi connectivity index (χ2v) is 6.78. The van der Waals surface area contributed by atoms with Gasteiger partial charge >= 0.3 is 0 Å². The third-order valence-corrected chi connectivity index (χ3v) is 4.86. The molecular formula is C15H9ClN2O4S. The Morgan fingerprint density at radius 2 is 1.70 bits per heavy atom. The second-order valence-electron chi connectivity index (χ2n) is 4.43. The first-order valence-corrected chi connectivity index (χ1v) is 8.07. The van der Waals surface area contributed by atoms with Crippen LogP contribution >= 0.6 is 11.6 Å². The van der Waals surface area contributed by atoms with Gasteiger partial charge in [0, 0.05) is 17.2 Å². The number of nitro groups is 1. The molecule has 0 bridgehead atoms. The lowest BCUT2D eigenvalue weighted by atomic mass is 10.2. The van der Waals surface area contributed by atoms with Crippen molar-refractivity contribution in [2.24, 2.45) is 0 Å². The Morgan fingerprint density at radius 1 is 1.13 bits per heavy atom. The van der Waals surface area contributed by atoms with Gasteiger partial charge in [0.05, 0.1) is 9.82 Å². The lowest BCUT2D eigenvalue weighted by Crippen LogP contribution is -2.03. The van der Waals surface area contributed by atoms with E-state index in [1.165, 1.54) is 48.5 Å². The number of rotatable bonds is 4. The average molecular weight is 349 g/mol. The fourth-order valence-corrected chi connectivity index (χ4v) is 3.04. The Balaban J connectivity index is 2.44. The molecule has 0 aromatic heterocycles. The smallest absolute Gasteiger partial charge is 0.258 e. The molecule has 0 aliphatic heterocycles. The number of nitriles is 1. The quantitative estimate of drug-likeness (QED) is 0.477. The molecule has 8 heteroatoms. The van der Waals surface area contributed by atoms with Crippen molar-refractivity contribution in [2.45, 2.75) is 4.90 Å². The molecule has 116 valence electrons. The van der Waals surface area contributed by atoms with Gasteiger partial charge in [-0.1, -0.05) is 11.6 Å². The Bertz CT molecular complexity index is 911. The minimum absolute atomic E-state index is 0.0587. The number of benzene rings is 2. The lowest BCUT2D eigenvalue weighted by molar-refractivity contribution is -0.384. The average Bonchev–Trinajstić information content (AvgIpc) is 2.53. The summed E-state index contributed by atoms with van der Waals surface area (Å²) in [7, 11) is -3.99. The van der Waals surface area contributed by atoms with Crippen molar-refractivity contribution in [1.82, 2.24) is 0 Å². The SMILES string of the molecule is N#C/C(=C\c1ccc([N+](=O)[O-])cc1)S(=O)(=O)c1ccc(Cl)cc1. The fourth-order valence-electron chi connectivity index (χ4n) is 1.75. The number of halogens is 1. The number of nitrogens with zero attached hydrogens (tertiary/aromatic N) is 2. The largest absolute Gasteiger partial charge is 0.269 e. The molecule has 2 aromatic carbocycles. The molecule has 6 nitrogen and oxygen atoms in total. The van der Waals surface area contributed by atoms with Gasteiger partial charge in [-0.2, -0.15) is 5.26 Å². The van der Waals surface area contributed by atoms with Gasteiger partial charge in [-0.25, -0.2) is 8.42 Å². The first kappa shape index (κ1) is 16.7. The lowest BCUT2D eigenvalue weighted by Gasteiger charge is -2.03. The van der Waals surface area contributed by atoms with Crippen molar-refractivity contribution >= 4 is 33.2 Å². The van der Waals surface area contributed by atoms with Gasteiger partial charge in [-0.05, 0) is 48.0 Å². The maximum absolute atomic E-state index is 12.4. The molecule has 0 fully saturated rings. The van der Waals surface area contributed by atoms with E-state index in [0.717, 1.165) is 6.08 Å². The fraction of sp³-hybridized carbons (Fsp3) is 0. The number of non-ortho nitro benzene ring substituents is 1. The monoisotopic (exact) mass is 348 g/mol. The minimum atomic E-state index is -3.99. The summed E-state index contributed by atoms with van der Waals surface area (Å²) in [6.07, 6.45) is 1.16. The summed E-state index contributed by atoms with van der Waals surface area (Å²) in [5.41, 5.74) is 0.242. The zero-order valence-electron chi connectivity index (χ0n) is 11.5. The van der Waals surface area contributed by atoms with Crippen LogP contribution in [0.4, 0.5) is 5.69 Å². The Labute approximate surface area is 137 Å². The van der Waals surface area contributed by atoms with Crippen LogP contribution in [0.1, 0.15) is 5.56 Å². The third kappa shape index (κ3) is 3.74. The standard InChI is InChI=1S/C15H9ClN2O4S/c16-12-3-7-14(8-4-12)23(21,22)15(10-17)9-11-1-5-13(6-2-11)18(19)20/h1-9H/b15-9+. The molecule has 0 spiro atoms. The van der Waals surface area contributed by atoms with Gasteiger partial charge < -0.3 is 0 Å². The number of sulfone groups is 1. The van der Waals surface area contributed by atoms with Crippen molar-refractivity contribution < 1.29 is 13.3 Å². The van der Waals surface area contributed by atoms with Crippen molar-refractivity contribution in [2.75, 3.05) is 0 Å². The van der Waals surface area contributed by atoms with Crippen molar-refractivity contribution in [1.29, 1.82) is 5.26 Å². The molecule has 2 aromatic rings. The highest BCUT2D eigenvalue weighted by Crippen LogP contribution is 2.23. The van der Waals surface area contributed by atoms with E-state index in [-0.39, 0.29) is 10.6 Å². The van der Waals surface area contributed by atoms with E-state index >= 15 is 0 Å². The van der Waals surface area contributed by atoms with Crippen LogP contribution in [0.3, 0.4) is 0 Å². The van der Waals surface area contributed by atoms with E-state index in [2.05, 4.69) is 0 Å². The summed E-state index contributed by atoms with van der Waals surface area (Å²) < 4.78 is 24.8. The zero-order chi connectivity index (χ0) is 17.0. The Kier molecular flexibility index (Phi) is 4.79. The Hall–Kier alpha value is -2.69. The van der Waals surface area contributed by atoms with Crippen LogP contribution in [0.15, 0.2) is 58.3 Å². The highest BCUT2D eigenvalue weighted by molar-refractivity contribution is 7.95. The van der Waals surface area contributed by atoms with E-state index in [0.29, 0.717) is 10.6 Å². The van der Waals surface area contributed by atoms with E-state index in [1.54, 1.807) is 6.07 Å². The van der Waals surface area contributed by atoms with Crippen LogP contribution in [0.2, 0.25) is 5.02 Å². The van der Waals surface area contributed by atoms with E-state index < -0.39 is 19.7 Å². The molecule has 0 radical (unpaired) electrons. The molecule has 0 aliphatic carbocycles. The maximum Gasteiger partial charge on any atom is 0.269 e. The predicted molar refractivity (Wildman–Crippen MR) is 85.3 cm³/mol. The van der Waals surface area contributed by atoms with Gasteiger partial charge in [0.1, 0.15) is 11.0 Å². The zero-order valence-corrected chi connectivity index (χ0v) is 13.1. The molecule has 0 atom stereocenters. The molecule has 0 amide bonds. The van der Waals surface area contributed by atoms with Crippen molar-refractivity contribution in [3.05, 3.63) is 74.1 Å². The van der Waals surface area contributed by atoms with Crippen molar-refractivity contribution in [3.8, 4) is 6.07 Å². The van der Waals surface area contributed by atoms with E-state index in [1.807, 2.05) is 0 Å². The second kappa shape index (κ2) is 6.60. The minimum Gasteiger partial charge on any atom is -0.258 e. The molecule has 23 heavy (non-hydrogen) atoms. The highest BCUT2D eigenvalue weighted by Gasteiger charge is 2.20. The summed E-state index contributed by atoms with van der Waals surface area (Å²) in [5.74, 6) is 0. The first-order chi connectivity index (χ1) is 10.8. The van der Waals surface area contributed by atoms with Crippen LogP contribution in [0.5, 0.6) is 0 Å². The molecule has 0 unspecified atom stereocenters. The normalized spacial score (nSPS) is 11.7. The Morgan fingerprint density at radius 3 is 2.17 bits per heavy atom. The molecule has 0 N–H and O–H groups in total. The molecule has 2 rings (SSSR count). The topological polar surface area (TPSA) is 101 Å². The van der Waals surface area contributed by atoms with Gasteiger partial charge in [0.25, 0.3) is 5.69 Å². The summed E-state index contributed by atoms with van der Waals surface area (Å²) in [6.45, 7) is 0. The summed E-state index contributed by atoms with van der Waals surface area (Å²) in [4.78, 5) is 9.50. The van der Waals surface area contributed by atoms with Gasteiger partial charge in [-0.15, -0.1) is 0 Å². The van der Waals surface area contributed by atoms with E-state index in [9.17, 15) is 18.5 Å². The molecule has 0 aliphatic rings. The van der Waals surface area contributed by atoms with Crippen LogP contribution < -0.4 is 0 Å². The van der Waals surface area contributed by atoms with Crippen LogP contribution in [-0.2, 0) is 9.84 Å². The summed E-state index contributed by atoms with van der Waals surface area (Å²) in [6, 6.07) is 12.3. The van der Waals surface area contributed by atoms with Gasteiger partial charge in [0.15, 0.2) is 0 Å². The summed E-state index contributed by atoms with van der Waals surface area (Å²) >= 11 is 5.72. The number of hydrogen-bond acceptors (Lipinski definition) is 5. The van der Waals surface area contributed by atoms with Crippen molar-refractivity contribution in [3.63, 3.8) is 0 Å². The van der Waals surface area contributed by atoms with Crippen LogP contribution in [0, 0.1) is 21.4 Å². The van der Waals surface area contributed by atoms with E-state index in [4.69, 9.17) is 16.9 Å². The predicted octanol–water partition coefficient (Wildman–Crippen LogP) is 3.59. The molecule has 0 saturated carbocycles. The highest BCUT2D eigenvalue weighted by atomic mass is 35.5. The van der Waals surface area contributed by atoms with Gasteiger partial charge in [-0.3, -0.25) is 10.1 Å². The molecule has 0 saturated heterocycles. The first-order valence-electron chi connectivity index (χ1n) is 6.21. The number of allylic oxidation sites excluding steroid dienone is 1. The van der Waals surface area contributed by atoms with Gasteiger partial charge in [0.2, 0.25) is 9.84 Å². The number of nitro benzene ring substituents is 1. The number of hydrogen-bond donors (Lipinski definition) is 0. The molecule has 0 heterocycles. The summed E-state index contributed by atoms with van der Waals surface area (Å²) in [5, 5.41) is 20.1. The van der Waals surface area contributed by atoms with Crippen LogP contribution in [-0.4, -0.2) is 13.3 Å². The third-order valence-electron chi connectivity index (χ3n) is 2.93.